The first-order chi connectivity index (χ1) is 16.5. The number of fused-ring (bicyclic) bond motifs is 1. The predicted octanol–water partition coefficient (Wildman–Crippen LogP) is 3.00. The number of amides is 1. The minimum Gasteiger partial charge on any atom is -0.508 e. The molecule has 4 rings (SSSR count). The summed E-state index contributed by atoms with van der Waals surface area (Å²) in [5.41, 5.74) is 2.11. The number of hydrogen-bond donors (Lipinski definition) is 5. The standard InChI is InChI=1S/C26H26N2O6/c29-18-8-10-20(11-9-18)33-13-12-27-15-19(30)16-34-24-7-3-5-22-25(24)21(26(32)28-22)14-17-4-1-2-6-23(17)31/h1-11,14,19,27,29-31H,12-13,15-16H2,(H,28,32). The molecule has 1 aliphatic rings. The SMILES string of the molecule is O=C1Nc2cccc(OCC(O)CNCCOc3ccc(O)cc3)c2C1=Cc1ccccc1O. The molecule has 5 N–H and O–H groups in total. The lowest BCUT2D eigenvalue weighted by Crippen LogP contribution is -2.33. The lowest BCUT2D eigenvalue weighted by atomic mass is 10.0. The lowest BCUT2D eigenvalue weighted by molar-refractivity contribution is -0.110. The molecule has 0 bridgehead atoms. The number of hydrogen-bond acceptors (Lipinski definition) is 7. The number of carbonyl (C=O) groups is 1. The Hall–Kier alpha value is -4.01. The summed E-state index contributed by atoms with van der Waals surface area (Å²) >= 11 is 0. The molecule has 0 fully saturated rings. The van der Waals surface area contributed by atoms with Crippen LogP contribution in [0.3, 0.4) is 0 Å². The Bertz CT molecular complexity index is 1180. The van der Waals surface area contributed by atoms with E-state index in [1.165, 1.54) is 0 Å². The molecule has 0 aliphatic carbocycles. The van der Waals surface area contributed by atoms with Crippen molar-refractivity contribution in [3.05, 3.63) is 77.9 Å². The number of aromatic hydroxyl groups is 2. The molecule has 1 heterocycles. The van der Waals surface area contributed by atoms with Crippen molar-refractivity contribution in [1.82, 2.24) is 5.32 Å². The molecule has 0 saturated heterocycles. The third-order valence-corrected chi connectivity index (χ3v) is 5.22. The van der Waals surface area contributed by atoms with E-state index in [0.717, 1.165) is 0 Å². The zero-order valence-electron chi connectivity index (χ0n) is 18.4. The first-order valence-corrected chi connectivity index (χ1v) is 10.9. The first-order valence-electron chi connectivity index (χ1n) is 10.9. The van der Waals surface area contributed by atoms with Crippen LogP contribution in [0.25, 0.3) is 11.6 Å². The van der Waals surface area contributed by atoms with Gasteiger partial charge in [0.2, 0.25) is 0 Å². The van der Waals surface area contributed by atoms with Crippen LogP contribution >= 0.6 is 0 Å². The summed E-state index contributed by atoms with van der Waals surface area (Å²) in [5, 5.41) is 35.6. The van der Waals surface area contributed by atoms with E-state index in [4.69, 9.17) is 9.47 Å². The lowest BCUT2D eigenvalue weighted by Gasteiger charge is -2.15. The van der Waals surface area contributed by atoms with Gasteiger partial charge in [-0.15, -0.1) is 0 Å². The highest BCUT2D eigenvalue weighted by Gasteiger charge is 2.28. The maximum absolute atomic E-state index is 12.6. The fourth-order valence-corrected chi connectivity index (χ4v) is 3.54. The number of carbonyl (C=O) groups excluding carboxylic acids is 1. The number of phenols is 2. The number of aliphatic hydroxyl groups excluding tert-OH is 1. The van der Waals surface area contributed by atoms with Gasteiger partial charge in [0.25, 0.3) is 5.91 Å². The number of phenolic OH excluding ortho intramolecular Hbond substituents is 2. The molecule has 3 aromatic rings. The van der Waals surface area contributed by atoms with Gasteiger partial charge in [0, 0.05) is 18.7 Å². The second kappa shape index (κ2) is 10.7. The van der Waals surface area contributed by atoms with Crippen LogP contribution in [-0.4, -0.2) is 53.6 Å². The number of para-hydroxylation sites is 1. The molecule has 8 nitrogen and oxygen atoms in total. The van der Waals surface area contributed by atoms with E-state index in [9.17, 15) is 20.1 Å². The fourth-order valence-electron chi connectivity index (χ4n) is 3.54. The Morgan fingerprint density at radius 1 is 0.971 bits per heavy atom. The molecular formula is C26H26N2O6. The van der Waals surface area contributed by atoms with Crippen molar-refractivity contribution in [2.45, 2.75) is 6.10 Å². The maximum atomic E-state index is 12.6. The van der Waals surface area contributed by atoms with E-state index in [-0.39, 0.29) is 24.0 Å². The molecular weight excluding hydrogens is 436 g/mol. The van der Waals surface area contributed by atoms with Gasteiger partial charge in [-0.3, -0.25) is 4.79 Å². The monoisotopic (exact) mass is 462 g/mol. The van der Waals surface area contributed by atoms with Gasteiger partial charge in [0.15, 0.2) is 0 Å². The Kier molecular flexibility index (Phi) is 7.31. The van der Waals surface area contributed by atoms with Gasteiger partial charge in [-0.25, -0.2) is 0 Å². The van der Waals surface area contributed by atoms with E-state index in [0.29, 0.717) is 53.6 Å². The Morgan fingerprint density at radius 2 is 1.76 bits per heavy atom. The third kappa shape index (κ3) is 5.67. The van der Waals surface area contributed by atoms with Crippen molar-refractivity contribution < 1.29 is 29.6 Å². The Labute approximate surface area is 197 Å². The molecule has 1 atom stereocenters. The van der Waals surface area contributed by atoms with Gasteiger partial charge in [-0.2, -0.15) is 0 Å². The van der Waals surface area contributed by atoms with Crippen LogP contribution in [0.2, 0.25) is 0 Å². The molecule has 0 aromatic heterocycles. The molecule has 34 heavy (non-hydrogen) atoms. The van der Waals surface area contributed by atoms with E-state index in [1.54, 1.807) is 72.8 Å². The van der Waals surface area contributed by atoms with Crippen LogP contribution in [0.1, 0.15) is 11.1 Å². The number of nitrogens with one attached hydrogen (secondary N) is 2. The molecule has 1 amide bonds. The molecule has 3 aromatic carbocycles. The minimum absolute atomic E-state index is 0.0281. The van der Waals surface area contributed by atoms with Gasteiger partial charge >= 0.3 is 0 Å². The van der Waals surface area contributed by atoms with Gasteiger partial charge in [0.05, 0.1) is 16.8 Å². The fraction of sp³-hybridized carbons (Fsp3) is 0.192. The topological polar surface area (TPSA) is 120 Å². The molecule has 0 spiro atoms. The van der Waals surface area contributed by atoms with Crippen LogP contribution in [-0.2, 0) is 4.79 Å². The average molecular weight is 463 g/mol. The van der Waals surface area contributed by atoms with Gasteiger partial charge < -0.3 is 35.4 Å². The van der Waals surface area contributed by atoms with E-state index >= 15 is 0 Å². The summed E-state index contributed by atoms with van der Waals surface area (Å²) in [5.74, 6) is 1.08. The van der Waals surface area contributed by atoms with Gasteiger partial charge in [-0.1, -0.05) is 24.3 Å². The number of benzene rings is 3. The molecule has 0 saturated carbocycles. The van der Waals surface area contributed by atoms with Crippen molar-refractivity contribution in [3.8, 4) is 23.0 Å². The van der Waals surface area contributed by atoms with Gasteiger partial charge in [-0.05, 0) is 48.5 Å². The zero-order valence-corrected chi connectivity index (χ0v) is 18.4. The summed E-state index contributed by atoms with van der Waals surface area (Å²) in [6.07, 6.45) is 0.843. The summed E-state index contributed by atoms with van der Waals surface area (Å²) in [7, 11) is 0. The van der Waals surface area contributed by atoms with Crippen molar-refractivity contribution in [2.24, 2.45) is 0 Å². The van der Waals surface area contributed by atoms with Crippen molar-refractivity contribution in [1.29, 1.82) is 0 Å². The number of aliphatic hydroxyl groups is 1. The molecule has 176 valence electrons. The third-order valence-electron chi connectivity index (χ3n) is 5.22. The summed E-state index contributed by atoms with van der Waals surface area (Å²) < 4.78 is 11.4. The first kappa shape index (κ1) is 23.2. The van der Waals surface area contributed by atoms with Crippen LogP contribution in [0.5, 0.6) is 23.0 Å². The zero-order chi connectivity index (χ0) is 23.9. The minimum atomic E-state index is -0.778. The van der Waals surface area contributed by atoms with Crippen molar-refractivity contribution in [2.75, 3.05) is 31.6 Å². The highest BCUT2D eigenvalue weighted by molar-refractivity contribution is 6.35. The van der Waals surface area contributed by atoms with Crippen LogP contribution in [0.4, 0.5) is 5.69 Å². The number of ether oxygens (including phenoxy) is 2. The van der Waals surface area contributed by atoms with Crippen LogP contribution in [0.15, 0.2) is 66.7 Å². The molecule has 1 aliphatic heterocycles. The Balaban J connectivity index is 1.32. The average Bonchev–Trinajstić information content (AvgIpc) is 3.15. The quantitative estimate of drug-likeness (QED) is 0.232. The van der Waals surface area contributed by atoms with E-state index in [2.05, 4.69) is 10.6 Å². The van der Waals surface area contributed by atoms with E-state index in [1.807, 2.05) is 0 Å². The van der Waals surface area contributed by atoms with Crippen LogP contribution < -0.4 is 20.1 Å². The number of rotatable bonds is 10. The van der Waals surface area contributed by atoms with Crippen molar-refractivity contribution in [3.63, 3.8) is 0 Å². The molecule has 1 unspecified atom stereocenters. The summed E-state index contributed by atoms with van der Waals surface area (Å²) in [4.78, 5) is 12.6. The smallest absolute Gasteiger partial charge is 0.256 e. The van der Waals surface area contributed by atoms with Crippen LogP contribution in [0, 0.1) is 0 Å². The largest absolute Gasteiger partial charge is 0.508 e. The molecule has 0 radical (unpaired) electrons. The summed E-state index contributed by atoms with van der Waals surface area (Å²) in [6, 6.07) is 18.5. The van der Waals surface area contributed by atoms with Gasteiger partial charge in [0.1, 0.15) is 42.3 Å². The van der Waals surface area contributed by atoms with Crippen molar-refractivity contribution >= 4 is 23.2 Å². The normalized spacial score (nSPS) is 14.5. The molecule has 8 heteroatoms. The Morgan fingerprint density at radius 3 is 2.56 bits per heavy atom. The second-order valence-corrected chi connectivity index (χ2v) is 7.76. The predicted molar refractivity (Wildman–Crippen MR) is 129 cm³/mol. The number of anilines is 1. The maximum Gasteiger partial charge on any atom is 0.256 e. The highest BCUT2D eigenvalue weighted by Crippen LogP contribution is 2.40. The highest BCUT2D eigenvalue weighted by atomic mass is 16.5. The van der Waals surface area contributed by atoms with E-state index < -0.39 is 6.10 Å². The summed E-state index contributed by atoms with van der Waals surface area (Å²) in [6.45, 7) is 1.25. The second-order valence-electron chi connectivity index (χ2n) is 7.76.